The summed E-state index contributed by atoms with van der Waals surface area (Å²) in [5.41, 5.74) is 3.05. The van der Waals surface area contributed by atoms with E-state index in [9.17, 15) is 4.79 Å². The van der Waals surface area contributed by atoms with Crippen molar-refractivity contribution in [2.24, 2.45) is 0 Å². The van der Waals surface area contributed by atoms with E-state index in [0.717, 1.165) is 16.5 Å². The SMILES string of the molecule is CC(C)c1ccc2ccccc2[n+]1CC(=O)c1ccccc1. The molecule has 0 aliphatic rings. The first-order valence-electron chi connectivity index (χ1n) is 7.66. The van der Waals surface area contributed by atoms with E-state index >= 15 is 0 Å². The van der Waals surface area contributed by atoms with Crippen molar-refractivity contribution in [1.29, 1.82) is 0 Å². The van der Waals surface area contributed by atoms with E-state index in [1.165, 1.54) is 5.69 Å². The largest absolute Gasteiger partial charge is 0.287 e. The van der Waals surface area contributed by atoms with Gasteiger partial charge in [0.1, 0.15) is 0 Å². The summed E-state index contributed by atoms with van der Waals surface area (Å²) in [6.45, 7) is 4.69. The molecule has 3 rings (SSSR count). The molecule has 0 unspecified atom stereocenters. The molecule has 0 saturated heterocycles. The molecule has 0 aliphatic heterocycles. The van der Waals surface area contributed by atoms with Crippen LogP contribution in [-0.4, -0.2) is 5.78 Å². The van der Waals surface area contributed by atoms with Gasteiger partial charge < -0.3 is 0 Å². The number of fused-ring (bicyclic) bond motifs is 1. The van der Waals surface area contributed by atoms with E-state index in [-0.39, 0.29) is 5.78 Å². The van der Waals surface area contributed by atoms with Crippen LogP contribution in [0.3, 0.4) is 0 Å². The fraction of sp³-hybridized carbons (Fsp3) is 0.200. The Hall–Kier alpha value is -2.48. The zero-order valence-electron chi connectivity index (χ0n) is 13.0. The molecule has 0 saturated carbocycles. The number of Topliss-reactive ketones (excluding diaryl/α,β-unsaturated/α-hetero) is 1. The van der Waals surface area contributed by atoms with E-state index < -0.39 is 0 Å². The molecule has 0 bridgehead atoms. The Balaban J connectivity index is 2.08. The summed E-state index contributed by atoms with van der Waals surface area (Å²) in [7, 11) is 0. The third kappa shape index (κ3) is 2.77. The van der Waals surface area contributed by atoms with Crippen molar-refractivity contribution >= 4 is 16.7 Å². The highest BCUT2D eigenvalue weighted by Crippen LogP contribution is 2.16. The van der Waals surface area contributed by atoms with E-state index in [1.807, 2.05) is 42.5 Å². The molecule has 0 radical (unpaired) electrons. The number of aromatic nitrogens is 1. The maximum Gasteiger partial charge on any atom is 0.227 e. The summed E-state index contributed by atoms with van der Waals surface area (Å²) in [5, 5.41) is 1.16. The van der Waals surface area contributed by atoms with Gasteiger partial charge in [-0.1, -0.05) is 56.3 Å². The van der Waals surface area contributed by atoms with Crippen molar-refractivity contribution in [3.8, 4) is 0 Å². The van der Waals surface area contributed by atoms with Crippen LogP contribution in [0.25, 0.3) is 10.9 Å². The number of benzene rings is 2. The van der Waals surface area contributed by atoms with Gasteiger partial charge in [0, 0.05) is 29.0 Å². The number of rotatable bonds is 4. The number of para-hydroxylation sites is 1. The molecule has 0 fully saturated rings. The van der Waals surface area contributed by atoms with Crippen LogP contribution in [0.4, 0.5) is 0 Å². The molecule has 1 heterocycles. The van der Waals surface area contributed by atoms with Crippen LogP contribution in [0.15, 0.2) is 66.7 Å². The lowest BCUT2D eigenvalue weighted by Gasteiger charge is -2.09. The molecule has 1 aromatic heterocycles. The van der Waals surface area contributed by atoms with Crippen LogP contribution >= 0.6 is 0 Å². The molecule has 2 nitrogen and oxygen atoms in total. The third-order valence-corrected chi connectivity index (χ3v) is 3.96. The number of pyridine rings is 1. The first kappa shape index (κ1) is 14.5. The van der Waals surface area contributed by atoms with Gasteiger partial charge >= 0.3 is 0 Å². The predicted molar refractivity (Wildman–Crippen MR) is 89.0 cm³/mol. The molecule has 0 aliphatic carbocycles. The molecule has 110 valence electrons. The maximum atomic E-state index is 12.6. The molecular weight excluding hydrogens is 270 g/mol. The van der Waals surface area contributed by atoms with Crippen LogP contribution in [0.2, 0.25) is 0 Å². The standard InChI is InChI=1S/C20H20NO/c1-15(2)18-13-12-16-8-6-7-11-19(16)21(18)14-20(22)17-9-4-3-5-10-17/h3-13,15H,14H2,1-2H3/q+1. The maximum absolute atomic E-state index is 12.6. The highest BCUT2D eigenvalue weighted by atomic mass is 16.1. The minimum absolute atomic E-state index is 0.142. The average Bonchev–Trinajstić information content (AvgIpc) is 2.55. The second kappa shape index (κ2) is 6.10. The minimum atomic E-state index is 0.142. The smallest absolute Gasteiger partial charge is 0.227 e. The normalized spacial score (nSPS) is 11.0. The molecular formula is C20H20NO+. The van der Waals surface area contributed by atoms with Gasteiger partial charge in [0.25, 0.3) is 0 Å². The lowest BCUT2D eigenvalue weighted by molar-refractivity contribution is -0.665. The molecule has 0 atom stereocenters. The average molecular weight is 290 g/mol. The van der Waals surface area contributed by atoms with Crippen LogP contribution in [0.1, 0.15) is 35.8 Å². The van der Waals surface area contributed by atoms with Crippen molar-refractivity contribution in [3.63, 3.8) is 0 Å². The number of nitrogens with zero attached hydrogens (tertiary/aromatic N) is 1. The number of ketones is 1. The molecule has 2 heteroatoms. The second-order valence-electron chi connectivity index (χ2n) is 5.85. The molecule has 0 amide bonds. The predicted octanol–water partition coefficient (Wildman–Crippen LogP) is 4.13. The minimum Gasteiger partial charge on any atom is -0.287 e. The van der Waals surface area contributed by atoms with Crippen LogP contribution in [0, 0.1) is 0 Å². The van der Waals surface area contributed by atoms with Crippen molar-refractivity contribution in [3.05, 3.63) is 78.0 Å². The summed E-state index contributed by atoms with van der Waals surface area (Å²) >= 11 is 0. The Labute approximate surface area is 131 Å². The van der Waals surface area contributed by atoms with Gasteiger partial charge in [-0.15, -0.1) is 0 Å². The first-order chi connectivity index (χ1) is 10.7. The zero-order valence-corrected chi connectivity index (χ0v) is 13.0. The van der Waals surface area contributed by atoms with Crippen molar-refractivity contribution in [2.75, 3.05) is 0 Å². The van der Waals surface area contributed by atoms with Crippen LogP contribution in [0.5, 0.6) is 0 Å². The lowest BCUT2D eigenvalue weighted by Crippen LogP contribution is -2.43. The van der Waals surface area contributed by atoms with Crippen molar-refractivity contribution in [1.82, 2.24) is 0 Å². The van der Waals surface area contributed by atoms with E-state index in [1.54, 1.807) is 0 Å². The Morgan fingerprint density at radius 2 is 1.59 bits per heavy atom. The van der Waals surface area contributed by atoms with Gasteiger partial charge in [0.15, 0.2) is 5.69 Å². The molecule has 3 aromatic rings. The summed E-state index contributed by atoms with van der Waals surface area (Å²) in [5.74, 6) is 0.511. The van der Waals surface area contributed by atoms with Gasteiger partial charge in [-0.2, -0.15) is 4.57 Å². The Bertz CT molecular complexity index is 806. The molecule has 22 heavy (non-hydrogen) atoms. The van der Waals surface area contributed by atoms with Gasteiger partial charge in [0.05, 0.1) is 0 Å². The zero-order chi connectivity index (χ0) is 15.5. The summed E-state index contributed by atoms with van der Waals surface area (Å²) in [4.78, 5) is 12.6. The van der Waals surface area contributed by atoms with Gasteiger partial charge in [-0.3, -0.25) is 4.79 Å². The van der Waals surface area contributed by atoms with Crippen molar-refractivity contribution in [2.45, 2.75) is 26.3 Å². The van der Waals surface area contributed by atoms with E-state index in [0.29, 0.717) is 12.5 Å². The first-order valence-corrected chi connectivity index (χ1v) is 7.66. The van der Waals surface area contributed by atoms with E-state index in [2.05, 4.69) is 42.7 Å². The topological polar surface area (TPSA) is 20.9 Å². The molecule has 0 spiro atoms. The quantitative estimate of drug-likeness (QED) is 0.523. The number of hydrogen-bond acceptors (Lipinski definition) is 1. The summed E-state index contributed by atoms with van der Waals surface area (Å²) in [6, 6.07) is 22.0. The Kier molecular flexibility index (Phi) is 4.01. The molecule has 0 N–H and O–H groups in total. The highest BCUT2D eigenvalue weighted by Gasteiger charge is 2.21. The molecule has 2 aromatic carbocycles. The van der Waals surface area contributed by atoms with Gasteiger partial charge in [-0.25, -0.2) is 0 Å². The Morgan fingerprint density at radius 3 is 2.32 bits per heavy atom. The highest BCUT2D eigenvalue weighted by molar-refractivity contribution is 5.95. The fourth-order valence-corrected chi connectivity index (χ4v) is 2.82. The summed E-state index contributed by atoms with van der Waals surface area (Å²) < 4.78 is 2.15. The summed E-state index contributed by atoms with van der Waals surface area (Å²) in [6.07, 6.45) is 0. The number of hydrogen-bond donors (Lipinski definition) is 0. The fourth-order valence-electron chi connectivity index (χ4n) is 2.82. The Morgan fingerprint density at radius 1 is 0.909 bits per heavy atom. The van der Waals surface area contributed by atoms with Gasteiger partial charge in [0.2, 0.25) is 17.8 Å². The lowest BCUT2D eigenvalue weighted by atomic mass is 10.1. The van der Waals surface area contributed by atoms with Crippen LogP contribution in [-0.2, 0) is 6.54 Å². The monoisotopic (exact) mass is 290 g/mol. The van der Waals surface area contributed by atoms with E-state index in [4.69, 9.17) is 0 Å². The number of carbonyl (C=O) groups excluding carboxylic acids is 1. The van der Waals surface area contributed by atoms with Crippen LogP contribution < -0.4 is 4.57 Å². The second-order valence-corrected chi connectivity index (χ2v) is 5.85. The van der Waals surface area contributed by atoms with Crippen molar-refractivity contribution < 1.29 is 9.36 Å². The number of carbonyl (C=O) groups is 1. The van der Waals surface area contributed by atoms with Gasteiger partial charge in [-0.05, 0) is 12.1 Å². The third-order valence-electron chi connectivity index (χ3n) is 3.96.